The van der Waals surface area contributed by atoms with Crippen LogP contribution in [0.4, 0.5) is 0 Å². The van der Waals surface area contributed by atoms with E-state index in [2.05, 4.69) is 4.52 Å². The standard InChI is InChI=1S/C5H11O7P/c1-3(6)5(8)4(7)2-12-13(9,10)11/h4-5,7-8H,2H2,1H3,(H2,9,10,11)/t4-,5-/m1/s1/i1+1,3+1. The van der Waals surface area contributed by atoms with E-state index in [1.807, 2.05) is 0 Å². The van der Waals surface area contributed by atoms with E-state index in [-0.39, 0.29) is 0 Å². The lowest BCUT2D eigenvalue weighted by molar-refractivity contribution is -0.132. The maximum Gasteiger partial charge on any atom is 0.469 e. The van der Waals surface area contributed by atoms with Crippen molar-refractivity contribution in [1.29, 1.82) is 0 Å². The lowest BCUT2D eigenvalue weighted by Crippen LogP contribution is -2.35. The van der Waals surface area contributed by atoms with Gasteiger partial charge in [0, 0.05) is 0 Å². The second-order valence-electron chi connectivity index (χ2n) is 2.41. The summed E-state index contributed by atoms with van der Waals surface area (Å²) in [5.41, 5.74) is 0. The molecule has 0 amide bonds. The number of carbonyl (C=O) groups is 1. The van der Waals surface area contributed by atoms with Crippen molar-refractivity contribution >= 4 is 13.6 Å². The molecule has 0 heterocycles. The van der Waals surface area contributed by atoms with Crippen molar-refractivity contribution < 1.29 is 33.9 Å². The zero-order chi connectivity index (χ0) is 10.6. The van der Waals surface area contributed by atoms with E-state index in [9.17, 15) is 9.36 Å². The van der Waals surface area contributed by atoms with Gasteiger partial charge < -0.3 is 20.0 Å². The molecule has 78 valence electrons. The van der Waals surface area contributed by atoms with E-state index in [0.29, 0.717) is 0 Å². The summed E-state index contributed by atoms with van der Waals surface area (Å²) in [4.78, 5) is 26.8. The van der Waals surface area contributed by atoms with E-state index in [4.69, 9.17) is 20.0 Å². The van der Waals surface area contributed by atoms with Gasteiger partial charge in [0.05, 0.1) is 6.61 Å². The van der Waals surface area contributed by atoms with Crippen molar-refractivity contribution in [2.24, 2.45) is 0 Å². The fourth-order valence-corrected chi connectivity index (χ4v) is 0.882. The summed E-state index contributed by atoms with van der Waals surface area (Å²) in [7, 11) is -4.67. The lowest BCUT2D eigenvalue weighted by atomic mass is 10.3. The molecule has 0 radical (unpaired) electrons. The van der Waals surface area contributed by atoms with Crippen molar-refractivity contribution in [3.63, 3.8) is 0 Å². The molecule has 0 aromatic heterocycles. The summed E-state index contributed by atoms with van der Waals surface area (Å²) in [6.45, 7) is 0.233. The summed E-state index contributed by atoms with van der Waals surface area (Å²) in [6, 6.07) is 0. The minimum Gasteiger partial charge on any atom is -0.388 e. The van der Waals surface area contributed by atoms with Crippen LogP contribution in [0, 0.1) is 0 Å². The molecule has 13 heavy (non-hydrogen) atoms. The van der Waals surface area contributed by atoms with Gasteiger partial charge in [-0.15, -0.1) is 0 Å². The van der Waals surface area contributed by atoms with E-state index < -0.39 is 32.4 Å². The summed E-state index contributed by atoms with van der Waals surface area (Å²) < 4.78 is 14.0. The molecular weight excluding hydrogens is 205 g/mol. The van der Waals surface area contributed by atoms with Gasteiger partial charge in [-0.25, -0.2) is 4.57 Å². The van der Waals surface area contributed by atoms with Crippen molar-refractivity contribution in [1.82, 2.24) is 0 Å². The second-order valence-corrected chi connectivity index (χ2v) is 3.65. The normalized spacial score (nSPS) is 16.7. The number of rotatable bonds is 5. The zero-order valence-corrected chi connectivity index (χ0v) is 7.72. The molecule has 0 unspecified atom stereocenters. The first kappa shape index (κ1) is 12.7. The predicted octanol–water partition coefficient (Wildman–Crippen LogP) is -1.59. The highest BCUT2D eigenvalue weighted by atomic mass is 31.2. The molecule has 8 heteroatoms. The zero-order valence-electron chi connectivity index (χ0n) is 6.82. The first-order chi connectivity index (χ1) is 5.74. The highest BCUT2D eigenvalue weighted by molar-refractivity contribution is 7.46. The smallest absolute Gasteiger partial charge is 0.388 e. The third-order valence-corrected chi connectivity index (χ3v) is 1.68. The van der Waals surface area contributed by atoms with E-state index in [1.54, 1.807) is 0 Å². The topological polar surface area (TPSA) is 124 Å². The number of phosphoric acid groups is 1. The van der Waals surface area contributed by atoms with E-state index >= 15 is 0 Å². The highest BCUT2D eigenvalue weighted by Crippen LogP contribution is 2.35. The van der Waals surface area contributed by atoms with Gasteiger partial charge in [-0.2, -0.15) is 0 Å². The van der Waals surface area contributed by atoms with E-state index in [0.717, 1.165) is 6.92 Å². The predicted molar refractivity (Wildman–Crippen MR) is 40.7 cm³/mol. The number of hydrogen-bond acceptors (Lipinski definition) is 5. The van der Waals surface area contributed by atoms with Gasteiger partial charge in [-0.3, -0.25) is 9.32 Å². The first-order valence-electron chi connectivity index (χ1n) is 3.30. The Hall–Kier alpha value is -0.300. The molecule has 0 aliphatic carbocycles. The van der Waals surface area contributed by atoms with Crippen LogP contribution >= 0.6 is 7.82 Å². The number of hydrogen-bond donors (Lipinski definition) is 4. The Bertz CT molecular complexity index is 221. The van der Waals surface area contributed by atoms with Crippen molar-refractivity contribution in [3.8, 4) is 0 Å². The maximum absolute atomic E-state index is 10.5. The molecule has 4 N–H and O–H groups in total. The summed E-state index contributed by atoms with van der Waals surface area (Å²) >= 11 is 0. The van der Waals surface area contributed by atoms with Crippen LogP contribution in [-0.4, -0.2) is 44.6 Å². The van der Waals surface area contributed by atoms with Gasteiger partial charge in [0.1, 0.15) is 12.2 Å². The van der Waals surface area contributed by atoms with Crippen LogP contribution in [0.2, 0.25) is 0 Å². The average molecular weight is 216 g/mol. The van der Waals surface area contributed by atoms with Crippen molar-refractivity contribution in [2.75, 3.05) is 6.61 Å². The molecule has 0 rings (SSSR count). The number of aliphatic hydroxyl groups is 2. The fourth-order valence-electron chi connectivity index (χ4n) is 0.536. The molecule has 0 aromatic carbocycles. The lowest BCUT2D eigenvalue weighted by Gasteiger charge is -2.15. The molecule has 7 nitrogen and oxygen atoms in total. The van der Waals surface area contributed by atoms with E-state index in [1.165, 1.54) is 0 Å². The SMILES string of the molecule is [13CH3][13C](=O)[C@@H](O)[C@H](O)COP(=O)(O)O. The van der Waals surface area contributed by atoms with Crippen molar-refractivity contribution in [3.05, 3.63) is 0 Å². The summed E-state index contributed by atoms with van der Waals surface area (Å²) in [6.07, 6.45) is -3.32. The van der Waals surface area contributed by atoms with Gasteiger partial charge in [-0.05, 0) is 6.92 Å². The average Bonchev–Trinajstić information content (AvgIpc) is 1.97. The minimum absolute atomic E-state index is 0.707. The summed E-state index contributed by atoms with van der Waals surface area (Å²) in [5.74, 6) is -0.707. The summed E-state index contributed by atoms with van der Waals surface area (Å²) in [5, 5.41) is 17.8. The monoisotopic (exact) mass is 216 g/mol. The molecule has 0 bridgehead atoms. The number of carbonyl (C=O) groups excluding carboxylic acids is 1. The molecule has 0 spiro atoms. The Labute approximate surface area is 74.2 Å². The Morgan fingerprint density at radius 3 is 2.23 bits per heavy atom. The van der Waals surface area contributed by atoms with Crippen LogP contribution in [0.3, 0.4) is 0 Å². The Morgan fingerprint density at radius 1 is 1.46 bits per heavy atom. The Kier molecular flexibility index (Phi) is 4.69. The van der Waals surface area contributed by atoms with Crippen LogP contribution in [0.1, 0.15) is 6.92 Å². The van der Waals surface area contributed by atoms with Gasteiger partial charge in [0.25, 0.3) is 0 Å². The molecule has 0 saturated heterocycles. The molecular formula is C5H11O7P. The molecule has 2 atom stereocenters. The highest BCUT2D eigenvalue weighted by Gasteiger charge is 2.24. The maximum atomic E-state index is 10.5. The minimum atomic E-state index is -4.67. The molecule has 0 fully saturated rings. The number of phosphoric ester groups is 1. The largest absolute Gasteiger partial charge is 0.469 e. The van der Waals surface area contributed by atoms with Crippen LogP contribution in [0.25, 0.3) is 0 Å². The molecule has 0 aliphatic rings. The van der Waals surface area contributed by atoms with Crippen LogP contribution in [0.15, 0.2) is 0 Å². The number of aliphatic hydroxyl groups excluding tert-OH is 2. The van der Waals surface area contributed by atoms with Gasteiger partial charge >= 0.3 is 7.82 Å². The first-order valence-corrected chi connectivity index (χ1v) is 4.83. The second kappa shape index (κ2) is 4.80. The van der Waals surface area contributed by atoms with Crippen LogP contribution in [0.5, 0.6) is 0 Å². The number of Topliss-reactive ketones (excluding diaryl/α,β-unsaturated/α-hetero) is 1. The third-order valence-electron chi connectivity index (χ3n) is 1.19. The quantitative estimate of drug-likeness (QED) is 0.322. The number of ketones is 1. The molecule has 0 saturated carbocycles. The van der Waals surface area contributed by atoms with Gasteiger partial charge in [0.15, 0.2) is 5.78 Å². The Morgan fingerprint density at radius 2 is 1.92 bits per heavy atom. The fraction of sp³-hybridized carbons (Fsp3) is 0.800. The third kappa shape index (κ3) is 5.87. The molecule has 0 aliphatic heterocycles. The Balaban J connectivity index is 3.95. The van der Waals surface area contributed by atoms with Crippen LogP contribution in [-0.2, 0) is 13.9 Å². The molecule has 0 aromatic rings. The van der Waals surface area contributed by atoms with Crippen molar-refractivity contribution in [2.45, 2.75) is 19.1 Å². The van der Waals surface area contributed by atoms with Gasteiger partial charge in [0.2, 0.25) is 0 Å². The van der Waals surface area contributed by atoms with Crippen LogP contribution < -0.4 is 0 Å². The van der Waals surface area contributed by atoms with Gasteiger partial charge in [-0.1, -0.05) is 0 Å².